The van der Waals surface area contributed by atoms with Crippen molar-refractivity contribution in [2.24, 2.45) is 11.7 Å². The molecule has 0 radical (unpaired) electrons. The smallest absolute Gasteiger partial charge is 0.231 e. The Morgan fingerprint density at radius 3 is 2.15 bits per heavy atom. The topological polar surface area (TPSA) is 46.3 Å². The van der Waals surface area contributed by atoms with E-state index in [9.17, 15) is 4.79 Å². The summed E-state index contributed by atoms with van der Waals surface area (Å²) in [7, 11) is 0. The first-order valence-electron chi connectivity index (χ1n) is 6.83. The summed E-state index contributed by atoms with van der Waals surface area (Å²) in [5.74, 6) is -0.124. The van der Waals surface area contributed by atoms with Crippen molar-refractivity contribution in [1.82, 2.24) is 0 Å². The zero-order valence-corrected chi connectivity index (χ0v) is 11.7. The molecule has 0 heterocycles. The van der Waals surface area contributed by atoms with Crippen LogP contribution in [0.5, 0.6) is 0 Å². The van der Waals surface area contributed by atoms with Crippen LogP contribution in [0.25, 0.3) is 0 Å². The van der Waals surface area contributed by atoms with Gasteiger partial charge in [-0.3, -0.25) is 4.79 Å². The third-order valence-corrected chi connectivity index (χ3v) is 3.29. The first kappa shape index (κ1) is 14.3. The van der Waals surface area contributed by atoms with E-state index in [-0.39, 0.29) is 11.8 Å². The average Bonchev–Trinajstić information content (AvgIpc) is 2.53. The lowest BCUT2D eigenvalue weighted by Gasteiger charge is -2.25. The number of carbonyl (C=O) groups excluding carboxylic acids is 1. The third kappa shape index (κ3) is 3.45. The summed E-state index contributed by atoms with van der Waals surface area (Å²) in [6, 6.07) is 19.7. The molecular formula is C17H20N2O. The van der Waals surface area contributed by atoms with E-state index in [0.29, 0.717) is 13.1 Å². The van der Waals surface area contributed by atoms with Crippen molar-refractivity contribution < 1.29 is 4.79 Å². The number of carbonyl (C=O) groups is 1. The van der Waals surface area contributed by atoms with Crippen molar-refractivity contribution in [3.8, 4) is 0 Å². The number of anilines is 1. The van der Waals surface area contributed by atoms with Crippen molar-refractivity contribution in [3.63, 3.8) is 0 Å². The number of amides is 1. The Morgan fingerprint density at radius 2 is 1.60 bits per heavy atom. The molecule has 0 saturated carbocycles. The van der Waals surface area contributed by atoms with Crippen LogP contribution in [0.15, 0.2) is 60.7 Å². The maximum Gasteiger partial charge on any atom is 0.231 e. The second-order valence-corrected chi connectivity index (χ2v) is 4.88. The Labute approximate surface area is 120 Å². The van der Waals surface area contributed by atoms with Crippen LogP contribution in [-0.4, -0.2) is 12.5 Å². The van der Waals surface area contributed by atoms with Gasteiger partial charge in [-0.15, -0.1) is 0 Å². The molecule has 1 amide bonds. The fraction of sp³-hybridized carbons (Fsp3) is 0.235. The minimum absolute atomic E-state index is 0.0579. The quantitative estimate of drug-likeness (QED) is 0.906. The maximum atomic E-state index is 12.5. The third-order valence-electron chi connectivity index (χ3n) is 3.29. The molecule has 2 rings (SSSR count). The van der Waals surface area contributed by atoms with Crippen LogP contribution in [0.3, 0.4) is 0 Å². The molecule has 1 unspecified atom stereocenters. The minimum atomic E-state index is -0.182. The summed E-state index contributed by atoms with van der Waals surface area (Å²) >= 11 is 0. The number of nitrogens with two attached hydrogens (primary N) is 1. The van der Waals surface area contributed by atoms with Gasteiger partial charge in [0.2, 0.25) is 5.91 Å². The predicted molar refractivity (Wildman–Crippen MR) is 82.3 cm³/mol. The number of nitrogens with zero attached hydrogens (tertiary/aromatic N) is 1. The van der Waals surface area contributed by atoms with Crippen LogP contribution in [0.2, 0.25) is 0 Å². The Bertz CT molecular complexity index is 539. The van der Waals surface area contributed by atoms with Crippen LogP contribution in [0, 0.1) is 5.92 Å². The fourth-order valence-corrected chi connectivity index (χ4v) is 2.04. The molecule has 2 aromatic rings. The first-order valence-corrected chi connectivity index (χ1v) is 6.83. The van der Waals surface area contributed by atoms with Crippen molar-refractivity contribution in [2.45, 2.75) is 13.5 Å². The van der Waals surface area contributed by atoms with E-state index in [0.717, 1.165) is 11.3 Å². The molecule has 0 fully saturated rings. The highest BCUT2D eigenvalue weighted by atomic mass is 16.2. The van der Waals surface area contributed by atoms with Crippen molar-refractivity contribution in [1.29, 1.82) is 0 Å². The van der Waals surface area contributed by atoms with Gasteiger partial charge in [-0.05, 0) is 17.7 Å². The van der Waals surface area contributed by atoms with Gasteiger partial charge < -0.3 is 10.6 Å². The lowest BCUT2D eigenvalue weighted by Crippen LogP contribution is -2.37. The van der Waals surface area contributed by atoms with Crippen molar-refractivity contribution in [2.75, 3.05) is 11.4 Å². The number of hydrogen-bond acceptors (Lipinski definition) is 2. The zero-order chi connectivity index (χ0) is 14.4. The van der Waals surface area contributed by atoms with Crippen molar-refractivity contribution in [3.05, 3.63) is 66.2 Å². The molecule has 1 atom stereocenters. The Kier molecular flexibility index (Phi) is 4.91. The molecule has 0 aliphatic carbocycles. The maximum absolute atomic E-state index is 12.5. The number of hydrogen-bond donors (Lipinski definition) is 1. The highest BCUT2D eigenvalue weighted by Crippen LogP contribution is 2.19. The molecule has 0 aliphatic heterocycles. The number of para-hydroxylation sites is 1. The summed E-state index contributed by atoms with van der Waals surface area (Å²) in [5, 5.41) is 0. The van der Waals surface area contributed by atoms with E-state index in [2.05, 4.69) is 0 Å². The van der Waals surface area contributed by atoms with E-state index in [1.807, 2.05) is 67.6 Å². The SMILES string of the molecule is CC(CN)C(=O)N(Cc1ccccc1)c1ccccc1. The van der Waals surface area contributed by atoms with Gasteiger partial charge in [0.25, 0.3) is 0 Å². The van der Waals surface area contributed by atoms with Gasteiger partial charge in [0, 0.05) is 18.2 Å². The van der Waals surface area contributed by atoms with Crippen LogP contribution < -0.4 is 10.6 Å². The highest BCUT2D eigenvalue weighted by Gasteiger charge is 2.20. The normalized spacial score (nSPS) is 11.9. The van der Waals surface area contributed by atoms with E-state index in [4.69, 9.17) is 5.73 Å². The van der Waals surface area contributed by atoms with Crippen LogP contribution in [0.4, 0.5) is 5.69 Å². The first-order chi connectivity index (χ1) is 9.72. The van der Waals surface area contributed by atoms with Gasteiger partial charge in [0.1, 0.15) is 0 Å². The molecule has 0 aliphatic rings. The molecule has 0 saturated heterocycles. The minimum Gasteiger partial charge on any atom is -0.330 e. The Balaban J connectivity index is 2.27. The predicted octanol–water partition coefficient (Wildman–Crippen LogP) is 2.81. The molecule has 2 aromatic carbocycles. The molecule has 104 valence electrons. The second kappa shape index (κ2) is 6.87. The lowest BCUT2D eigenvalue weighted by molar-refractivity contribution is -0.121. The van der Waals surface area contributed by atoms with E-state index in [1.54, 1.807) is 4.90 Å². The van der Waals surface area contributed by atoms with Gasteiger partial charge in [0.15, 0.2) is 0 Å². The fourth-order valence-electron chi connectivity index (χ4n) is 2.04. The zero-order valence-electron chi connectivity index (χ0n) is 11.7. The Hall–Kier alpha value is -2.13. The molecule has 3 heteroatoms. The van der Waals surface area contributed by atoms with E-state index in [1.165, 1.54) is 0 Å². The summed E-state index contributed by atoms with van der Waals surface area (Å²) in [4.78, 5) is 14.3. The van der Waals surface area contributed by atoms with Gasteiger partial charge in [-0.2, -0.15) is 0 Å². The molecule has 3 nitrogen and oxygen atoms in total. The molecule has 0 bridgehead atoms. The molecular weight excluding hydrogens is 248 g/mol. The van der Waals surface area contributed by atoms with Crippen LogP contribution in [0.1, 0.15) is 12.5 Å². The summed E-state index contributed by atoms with van der Waals surface area (Å²) in [6.45, 7) is 2.79. The monoisotopic (exact) mass is 268 g/mol. The van der Waals surface area contributed by atoms with Crippen molar-refractivity contribution >= 4 is 11.6 Å². The van der Waals surface area contributed by atoms with E-state index < -0.39 is 0 Å². The summed E-state index contributed by atoms with van der Waals surface area (Å²) in [5.41, 5.74) is 7.64. The largest absolute Gasteiger partial charge is 0.330 e. The van der Waals surface area contributed by atoms with Crippen LogP contribution in [-0.2, 0) is 11.3 Å². The standard InChI is InChI=1S/C17H20N2O/c1-14(12-18)17(20)19(16-10-6-3-7-11-16)13-15-8-4-2-5-9-15/h2-11,14H,12-13,18H2,1H3. The average molecular weight is 268 g/mol. The molecule has 0 spiro atoms. The Morgan fingerprint density at radius 1 is 1.05 bits per heavy atom. The number of benzene rings is 2. The molecule has 20 heavy (non-hydrogen) atoms. The molecule has 2 N–H and O–H groups in total. The number of rotatable bonds is 5. The summed E-state index contributed by atoms with van der Waals surface area (Å²) < 4.78 is 0. The summed E-state index contributed by atoms with van der Waals surface area (Å²) in [6.07, 6.45) is 0. The lowest BCUT2D eigenvalue weighted by atomic mass is 10.1. The molecule has 0 aromatic heterocycles. The second-order valence-electron chi connectivity index (χ2n) is 4.88. The highest BCUT2D eigenvalue weighted by molar-refractivity contribution is 5.94. The van der Waals surface area contributed by atoms with Gasteiger partial charge >= 0.3 is 0 Å². The van der Waals surface area contributed by atoms with Gasteiger partial charge in [-0.25, -0.2) is 0 Å². The van der Waals surface area contributed by atoms with Gasteiger partial charge in [-0.1, -0.05) is 55.5 Å². The van der Waals surface area contributed by atoms with E-state index >= 15 is 0 Å². The van der Waals surface area contributed by atoms with Gasteiger partial charge in [0.05, 0.1) is 6.54 Å². The van der Waals surface area contributed by atoms with Crippen LogP contribution >= 0.6 is 0 Å².